The van der Waals surface area contributed by atoms with Crippen molar-refractivity contribution in [2.45, 2.75) is 25.3 Å². The first-order valence-corrected chi connectivity index (χ1v) is 14.1. The third kappa shape index (κ3) is 5.54. The van der Waals surface area contributed by atoms with Crippen LogP contribution in [-0.4, -0.2) is 58.3 Å². The monoisotopic (exact) mass is 607 g/mol. The Hall–Kier alpha value is -3.74. The van der Waals surface area contributed by atoms with Crippen molar-refractivity contribution in [2.24, 2.45) is 0 Å². The quantitative estimate of drug-likeness (QED) is 0.206. The van der Waals surface area contributed by atoms with Crippen LogP contribution in [0.5, 0.6) is 5.75 Å². The van der Waals surface area contributed by atoms with Crippen molar-refractivity contribution in [3.63, 3.8) is 0 Å². The van der Waals surface area contributed by atoms with Crippen LogP contribution in [0.25, 0.3) is 11.3 Å². The largest absolute Gasteiger partial charge is 0.493 e. The highest BCUT2D eigenvalue weighted by atomic mass is 79.9. The lowest BCUT2D eigenvalue weighted by atomic mass is 10.0. The third-order valence-electron chi connectivity index (χ3n) is 6.75. The van der Waals surface area contributed by atoms with Crippen LogP contribution in [0, 0.1) is 11.8 Å². The van der Waals surface area contributed by atoms with Crippen molar-refractivity contribution in [3.8, 4) is 28.8 Å². The van der Waals surface area contributed by atoms with Gasteiger partial charge in [0.2, 0.25) is 5.91 Å². The molecular formula is C29H27BrClN5O3. The van der Waals surface area contributed by atoms with Crippen molar-refractivity contribution in [3.05, 3.63) is 70.7 Å². The summed E-state index contributed by atoms with van der Waals surface area (Å²) < 4.78 is 5.54. The molecule has 2 aliphatic rings. The number of halogens is 2. The SMILES string of the molecule is COc1c(Cl)cccc1Nc1c(-c2ccncc2C#C[C@H]2CCCN2C(=O)/C=C/CBr)[nH]c2c1C(=O)NCC2. The summed E-state index contributed by atoms with van der Waals surface area (Å²) in [6.07, 6.45) is 9.15. The normalized spacial score (nSPS) is 16.4. The minimum atomic E-state index is -0.179. The molecule has 2 aromatic heterocycles. The van der Waals surface area contributed by atoms with E-state index in [0.717, 1.165) is 24.1 Å². The Labute approximate surface area is 240 Å². The van der Waals surface area contributed by atoms with Crippen LogP contribution in [0.3, 0.4) is 0 Å². The number of likely N-dealkylation sites (tertiary alicyclic amines) is 1. The lowest BCUT2D eigenvalue weighted by Crippen LogP contribution is -2.33. The first-order chi connectivity index (χ1) is 19.0. The summed E-state index contributed by atoms with van der Waals surface area (Å²) in [6.45, 7) is 1.22. The Morgan fingerprint density at radius 2 is 2.26 bits per heavy atom. The molecule has 3 N–H and O–H groups in total. The molecule has 0 unspecified atom stereocenters. The Morgan fingerprint density at radius 3 is 3.08 bits per heavy atom. The molecule has 39 heavy (non-hydrogen) atoms. The van der Waals surface area contributed by atoms with E-state index in [2.05, 4.69) is 48.4 Å². The van der Waals surface area contributed by atoms with Crippen molar-refractivity contribution >= 4 is 50.7 Å². The number of allylic oxidation sites excluding steroid dienone is 1. The molecule has 10 heteroatoms. The number of rotatable bonds is 6. The molecule has 4 heterocycles. The van der Waals surface area contributed by atoms with Crippen LogP contribution in [0.4, 0.5) is 11.4 Å². The van der Waals surface area contributed by atoms with Crippen LogP contribution >= 0.6 is 27.5 Å². The standard InChI is InChI=1S/C29H27BrClN5O3/c1-39-28-21(31)6-2-7-23(28)35-27-25-22(12-15-33-29(25)38)34-26(27)20-11-14-32-17-18(20)9-10-19-5-4-16-36(19)24(37)8-3-13-30/h2-3,6-8,11,14,17,19,34-35H,4-5,12-13,15-16H2,1H3,(H,33,38)/b8-3+/t19-/m1/s1. The number of ether oxygens (including phenoxy) is 1. The third-order valence-corrected chi connectivity index (χ3v) is 7.42. The number of anilines is 2. The molecular weight excluding hydrogens is 582 g/mol. The van der Waals surface area contributed by atoms with Gasteiger partial charge in [-0.2, -0.15) is 0 Å². The second kappa shape index (κ2) is 12.0. The van der Waals surface area contributed by atoms with Gasteiger partial charge in [0.25, 0.3) is 5.91 Å². The van der Waals surface area contributed by atoms with E-state index in [1.165, 1.54) is 0 Å². The van der Waals surface area contributed by atoms with Gasteiger partial charge in [-0.25, -0.2) is 0 Å². The predicted octanol–water partition coefficient (Wildman–Crippen LogP) is 5.06. The highest BCUT2D eigenvalue weighted by molar-refractivity contribution is 9.09. The molecule has 5 rings (SSSR count). The van der Waals surface area contributed by atoms with Crippen LogP contribution < -0.4 is 15.4 Å². The first-order valence-electron chi connectivity index (χ1n) is 12.6. The molecule has 8 nitrogen and oxygen atoms in total. The average molecular weight is 609 g/mol. The summed E-state index contributed by atoms with van der Waals surface area (Å²) in [5.41, 5.74) is 4.80. The number of aromatic amines is 1. The van der Waals surface area contributed by atoms with Gasteiger partial charge in [-0.15, -0.1) is 0 Å². The maximum atomic E-state index is 13.0. The Kier molecular flexibility index (Phi) is 8.24. The number of amides is 2. The van der Waals surface area contributed by atoms with Gasteiger partial charge in [-0.3, -0.25) is 14.6 Å². The number of para-hydroxylation sites is 1. The summed E-state index contributed by atoms with van der Waals surface area (Å²) in [6, 6.07) is 7.10. The number of pyridine rings is 1. The van der Waals surface area contributed by atoms with Crippen molar-refractivity contribution in [1.82, 2.24) is 20.2 Å². The van der Waals surface area contributed by atoms with Gasteiger partial charge >= 0.3 is 0 Å². The van der Waals surface area contributed by atoms with Crippen LogP contribution in [-0.2, 0) is 11.2 Å². The molecule has 2 amide bonds. The molecule has 0 bridgehead atoms. The van der Waals surface area contributed by atoms with Gasteiger partial charge in [0.15, 0.2) is 5.75 Å². The number of nitrogens with one attached hydrogen (secondary N) is 3. The Morgan fingerprint density at radius 1 is 1.38 bits per heavy atom. The maximum Gasteiger partial charge on any atom is 0.255 e. The first kappa shape index (κ1) is 26.9. The molecule has 1 aromatic carbocycles. The second-order valence-electron chi connectivity index (χ2n) is 9.12. The number of alkyl halides is 1. The van der Waals surface area contributed by atoms with E-state index >= 15 is 0 Å². The zero-order chi connectivity index (χ0) is 27.4. The van der Waals surface area contributed by atoms with E-state index in [1.54, 1.807) is 42.6 Å². The fraction of sp³-hybridized carbons (Fsp3) is 0.276. The number of hydrogen-bond donors (Lipinski definition) is 3. The van der Waals surface area contributed by atoms with E-state index in [0.29, 0.717) is 63.8 Å². The molecule has 0 radical (unpaired) electrons. The lowest BCUT2D eigenvalue weighted by molar-refractivity contribution is -0.125. The topological polar surface area (TPSA) is 99.3 Å². The number of methoxy groups -OCH3 is 1. The molecule has 200 valence electrons. The van der Waals surface area contributed by atoms with Crippen molar-refractivity contribution < 1.29 is 14.3 Å². The van der Waals surface area contributed by atoms with Crippen LogP contribution in [0.1, 0.15) is 34.5 Å². The fourth-order valence-corrected chi connectivity index (χ4v) is 5.39. The Bertz CT molecular complexity index is 1510. The van der Waals surface area contributed by atoms with Gasteiger partial charge in [0, 0.05) is 48.5 Å². The van der Waals surface area contributed by atoms with Gasteiger partial charge in [-0.05, 0) is 37.1 Å². The van der Waals surface area contributed by atoms with E-state index in [9.17, 15) is 9.59 Å². The zero-order valence-corrected chi connectivity index (χ0v) is 23.7. The zero-order valence-electron chi connectivity index (χ0n) is 21.3. The van der Waals surface area contributed by atoms with Gasteiger partial charge in [0.1, 0.15) is 0 Å². The number of aromatic nitrogens is 2. The van der Waals surface area contributed by atoms with E-state index in [1.807, 2.05) is 18.2 Å². The van der Waals surface area contributed by atoms with Gasteiger partial charge in [-0.1, -0.05) is 51.5 Å². The van der Waals surface area contributed by atoms with Crippen molar-refractivity contribution in [1.29, 1.82) is 0 Å². The number of fused-ring (bicyclic) bond motifs is 1. The molecule has 0 spiro atoms. The minimum absolute atomic E-state index is 0.0392. The molecule has 2 aliphatic heterocycles. The van der Waals surface area contributed by atoms with Crippen LogP contribution in [0.15, 0.2) is 48.8 Å². The second-order valence-corrected chi connectivity index (χ2v) is 10.2. The van der Waals surface area contributed by atoms with Crippen molar-refractivity contribution in [2.75, 3.05) is 30.8 Å². The summed E-state index contributed by atoms with van der Waals surface area (Å²) in [5, 5.41) is 7.41. The van der Waals surface area contributed by atoms with E-state index in [4.69, 9.17) is 16.3 Å². The summed E-state index contributed by atoms with van der Waals surface area (Å²) >= 11 is 9.69. The molecule has 0 saturated carbocycles. The summed E-state index contributed by atoms with van der Waals surface area (Å²) in [7, 11) is 1.55. The summed E-state index contributed by atoms with van der Waals surface area (Å²) in [4.78, 5) is 35.2. The Balaban J connectivity index is 1.57. The molecule has 0 aliphatic carbocycles. The predicted molar refractivity (Wildman–Crippen MR) is 156 cm³/mol. The average Bonchev–Trinajstić information content (AvgIpc) is 3.56. The number of hydrogen-bond acceptors (Lipinski definition) is 5. The number of H-pyrrole nitrogens is 1. The van der Waals surface area contributed by atoms with E-state index < -0.39 is 0 Å². The minimum Gasteiger partial charge on any atom is -0.493 e. The molecule has 1 fully saturated rings. The number of carbonyl (C=O) groups is 2. The molecule has 1 saturated heterocycles. The smallest absolute Gasteiger partial charge is 0.255 e. The van der Waals surface area contributed by atoms with Gasteiger partial charge < -0.3 is 25.3 Å². The van der Waals surface area contributed by atoms with Crippen LogP contribution in [0.2, 0.25) is 5.02 Å². The lowest BCUT2D eigenvalue weighted by Gasteiger charge is -2.18. The fourth-order valence-electron chi connectivity index (χ4n) is 4.95. The highest BCUT2D eigenvalue weighted by Gasteiger charge is 2.29. The number of benzene rings is 1. The number of carbonyl (C=O) groups excluding carboxylic acids is 2. The van der Waals surface area contributed by atoms with E-state index in [-0.39, 0.29) is 17.9 Å². The highest BCUT2D eigenvalue weighted by Crippen LogP contribution is 2.41. The molecule has 3 aromatic rings. The number of nitrogens with zero attached hydrogens (tertiary/aromatic N) is 2. The van der Waals surface area contributed by atoms with Gasteiger partial charge in [0.05, 0.1) is 46.4 Å². The maximum absolute atomic E-state index is 13.0. The molecule has 1 atom stereocenters. The summed E-state index contributed by atoms with van der Waals surface area (Å²) in [5.74, 6) is 6.85.